The molecule has 0 aliphatic rings. The number of nitrogens with zero attached hydrogens (tertiary/aromatic N) is 2. The number of fused-ring (bicyclic) bond motifs is 1. The summed E-state index contributed by atoms with van der Waals surface area (Å²) in [7, 11) is -1.34. The van der Waals surface area contributed by atoms with E-state index >= 15 is 0 Å². The Kier molecular flexibility index (Phi) is 5.33. The van der Waals surface area contributed by atoms with Gasteiger partial charge in [0.25, 0.3) is 0 Å². The van der Waals surface area contributed by atoms with Crippen LogP contribution < -0.4 is 5.32 Å². The first kappa shape index (κ1) is 15.9. The largest absolute Gasteiger partial charge is 0.383 e. The number of hydrogen-bond acceptors (Lipinski definition) is 5. The molecular formula is C14H21N3O3S. The van der Waals surface area contributed by atoms with Crippen LogP contribution in [0.25, 0.3) is 10.9 Å². The molecule has 1 aromatic heterocycles. The lowest BCUT2D eigenvalue weighted by Gasteiger charge is -2.02. The fraction of sp³-hybridized carbons (Fsp3) is 0.500. The molecular weight excluding hydrogens is 290 g/mol. The predicted octanol–water partition coefficient (Wildman–Crippen LogP) is 0.817. The number of aryl methyl sites for hydroxylation is 1. The molecule has 0 bridgehead atoms. The third-order valence-electron chi connectivity index (χ3n) is 3.18. The summed E-state index contributed by atoms with van der Waals surface area (Å²) in [5.74, 6) is 0.0925. The molecule has 0 radical (unpaired) electrons. The quantitative estimate of drug-likeness (QED) is 0.731. The van der Waals surface area contributed by atoms with Crippen LogP contribution in [0.5, 0.6) is 0 Å². The Hall–Kier alpha value is -1.44. The number of rotatable bonds is 8. The molecule has 0 aliphatic carbocycles. The van der Waals surface area contributed by atoms with Crippen LogP contribution in [-0.4, -0.2) is 50.5 Å². The monoisotopic (exact) mass is 311 g/mol. The van der Waals surface area contributed by atoms with Gasteiger partial charge >= 0.3 is 0 Å². The van der Waals surface area contributed by atoms with Gasteiger partial charge in [-0.3, -0.25) is 4.68 Å². The van der Waals surface area contributed by atoms with Crippen molar-refractivity contribution in [2.75, 3.05) is 32.3 Å². The second-order valence-electron chi connectivity index (χ2n) is 4.99. The number of ether oxygens (including phenoxy) is 1. The van der Waals surface area contributed by atoms with E-state index in [2.05, 4.69) is 10.4 Å². The van der Waals surface area contributed by atoms with Gasteiger partial charge in [-0.2, -0.15) is 5.10 Å². The maximum Gasteiger partial charge on any atom is 0.149 e. The van der Waals surface area contributed by atoms with Crippen molar-refractivity contribution >= 4 is 20.7 Å². The third-order valence-corrected chi connectivity index (χ3v) is 4.11. The lowest BCUT2D eigenvalue weighted by Crippen LogP contribution is -2.19. The molecule has 0 saturated heterocycles. The van der Waals surface area contributed by atoms with Gasteiger partial charge in [-0.25, -0.2) is 8.42 Å². The zero-order chi connectivity index (χ0) is 15.3. The highest BCUT2D eigenvalue weighted by atomic mass is 32.2. The number of para-hydroxylation sites is 1. The highest BCUT2D eigenvalue weighted by molar-refractivity contribution is 7.90. The molecule has 0 fully saturated rings. The molecule has 0 amide bonds. The summed E-state index contributed by atoms with van der Waals surface area (Å²) in [4.78, 5) is 0. The van der Waals surface area contributed by atoms with Gasteiger partial charge in [0.2, 0.25) is 0 Å². The lowest BCUT2D eigenvalue weighted by molar-refractivity contribution is 0.199. The zero-order valence-corrected chi connectivity index (χ0v) is 13.2. The summed E-state index contributed by atoms with van der Waals surface area (Å²) in [6.07, 6.45) is 1.24. The number of aromatic nitrogens is 2. The van der Waals surface area contributed by atoms with Crippen molar-refractivity contribution in [1.29, 1.82) is 0 Å². The van der Waals surface area contributed by atoms with Crippen molar-refractivity contribution in [2.45, 2.75) is 13.1 Å². The Balaban J connectivity index is 2.18. The van der Waals surface area contributed by atoms with Crippen molar-refractivity contribution in [3.8, 4) is 0 Å². The molecule has 0 unspecified atom stereocenters. The predicted molar refractivity (Wildman–Crippen MR) is 83.0 cm³/mol. The van der Waals surface area contributed by atoms with E-state index in [1.807, 2.05) is 24.3 Å². The average molecular weight is 311 g/mol. The van der Waals surface area contributed by atoms with E-state index in [0.29, 0.717) is 19.7 Å². The minimum absolute atomic E-state index is 0.0925. The maximum absolute atomic E-state index is 11.3. The number of sulfone groups is 1. The first-order valence-corrected chi connectivity index (χ1v) is 8.89. The van der Waals surface area contributed by atoms with Gasteiger partial charge in [-0.15, -0.1) is 0 Å². The molecule has 2 rings (SSSR count). The van der Waals surface area contributed by atoms with E-state index in [1.54, 1.807) is 11.8 Å². The average Bonchev–Trinajstić information content (AvgIpc) is 2.79. The standard InChI is InChI=1S/C14H21N3O3S/c1-20-9-7-15-11-13-12-5-3-4-6-14(12)17(16-13)8-10-21(2,18)19/h3-6,15H,7-11H2,1-2H3. The maximum atomic E-state index is 11.3. The summed E-state index contributed by atoms with van der Waals surface area (Å²) >= 11 is 0. The second-order valence-corrected chi connectivity index (χ2v) is 7.25. The van der Waals surface area contributed by atoms with E-state index in [-0.39, 0.29) is 5.75 Å². The van der Waals surface area contributed by atoms with E-state index in [4.69, 9.17) is 4.74 Å². The molecule has 7 heteroatoms. The summed E-state index contributed by atoms with van der Waals surface area (Å²) < 4.78 is 29.4. The van der Waals surface area contributed by atoms with Crippen molar-refractivity contribution in [3.05, 3.63) is 30.0 Å². The third kappa shape index (κ3) is 4.52. The number of hydrogen-bond donors (Lipinski definition) is 1. The molecule has 1 aromatic carbocycles. The van der Waals surface area contributed by atoms with Gasteiger partial charge in [0, 0.05) is 31.8 Å². The van der Waals surface area contributed by atoms with Crippen LogP contribution in [-0.2, 0) is 27.7 Å². The van der Waals surface area contributed by atoms with Gasteiger partial charge in [0.05, 0.1) is 30.1 Å². The van der Waals surface area contributed by atoms with Crippen LogP contribution in [0.2, 0.25) is 0 Å². The van der Waals surface area contributed by atoms with E-state index in [0.717, 1.165) is 23.1 Å². The van der Waals surface area contributed by atoms with Gasteiger partial charge in [0.15, 0.2) is 0 Å². The summed E-state index contributed by atoms with van der Waals surface area (Å²) in [5, 5.41) is 8.85. The Labute approximate surface area is 125 Å². The Morgan fingerprint density at radius 2 is 2.10 bits per heavy atom. The smallest absolute Gasteiger partial charge is 0.149 e. The van der Waals surface area contributed by atoms with Crippen molar-refractivity contribution < 1.29 is 13.2 Å². The molecule has 2 aromatic rings. The minimum Gasteiger partial charge on any atom is -0.383 e. The van der Waals surface area contributed by atoms with E-state index < -0.39 is 9.84 Å². The van der Waals surface area contributed by atoms with Gasteiger partial charge in [0.1, 0.15) is 9.84 Å². The van der Waals surface area contributed by atoms with Crippen LogP contribution in [0.3, 0.4) is 0 Å². The second kappa shape index (κ2) is 7.02. The first-order valence-electron chi connectivity index (χ1n) is 6.83. The van der Waals surface area contributed by atoms with Crippen LogP contribution in [0.15, 0.2) is 24.3 Å². The Bertz CT molecular complexity index is 695. The van der Waals surface area contributed by atoms with Crippen molar-refractivity contribution in [2.24, 2.45) is 0 Å². The van der Waals surface area contributed by atoms with Gasteiger partial charge in [-0.1, -0.05) is 18.2 Å². The van der Waals surface area contributed by atoms with E-state index in [1.165, 1.54) is 6.26 Å². The van der Waals surface area contributed by atoms with Crippen LogP contribution in [0, 0.1) is 0 Å². The highest BCUT2D eigenvalue weighted by Crippen LogP contribution is 2.18. The number of benzene rings is 1. The van der Waals surface area contributed by atoms with Crippen LogP contribution in [0.1, 0.15) is 5.69 Å². The summed E-state index contributed by atoms with van der Waals surface area (Å²) in [6, 6.07) is 7.86. The Morgan fingerprint density at radius 1 is 1.33 bits per heavy atom. The van der Waals surface area contributed by atoms with Gasteiger partial charge in [-0.05, 0) is 6.07 Å². The molecule has 1 N–H and O–H groups in total. The molecule has 0 atom stereocenters. The Morgan fingerprint density at radius 3 is 2.81 bits per heavy atom. The lowest BCUT2D eigenvalue weighted by atomic mass is 10.2. The molecule has 116 valence electrons. The molecule has 1 heterocycles. The van der Waals surface area contributed by atoms with Crippen LogP contribution >= 0.6 is 0 Å². The van der Waals surface area contributed by atoms with Gasteiger partial charge < -0.3 is 10.1 Å². The zero-order valence-electron chi connectivity index (χ0n) is 12.4. The molecule has 0 saturated carbocycles. The van der Waals surface area contributed by atoms with Crippen molar-refractivity contribution in [1.82, 2.24) is 15.1 Å². The number of nitrogens with one attached hydrogen (secondary N) is 1. The fourth-order valence-corrected chi connectivity index (χ4v) is 2.64. The molecule has 21 heavy (non-hydrogen) atoms. The summed E-state index contributed by atoms with van der Waals surface area (Å²) in [5.41, 5.74) is 1.89. The van der Waals surface area contributed by atoms with Crippen molar-refractivity contribution in [3.63, 3.8) is 0 Å². The minimum atomic E-state index is -3.00. The SMILES string of the molecule is COCCNCc1nn(CCS(C)(=O)=O)c2ccccc12. The number of methoxy groups -OCH3 is 1. The molecule has 6 nitrogen and oxygen atoms in total. The first-order chi connectivity index (χ1) is 10.0. The van der Waals surface area contributed by atoms with E-state index in [9.17, 15) is 8.42 Å². The highest BCUT2D eigenvalue weighted by Gasteiger charge is 2.11. The summed E-state index contributed by atoms with van der Waals surface area (Å²) in [6.45, 7) is 2.40. The topological polar surface area (TPSA) is 73.2 Å². The molecule has 0 aliphatic heterocycles. The van der Waals surface area contributed by atoms with Crippen LogP contribution in [0.4, 0.5) is 0 Å². The fourth-order valence-electron chi connectivity index (χ4n) is 2.13. The molecule has 0 spiro atoms. The normalized spacial score (nSPS) is 12.1.